The van der Waals surface area contributed by atoms with Crippen molar-refractivity contribution in [3.63, 3.8) is 0 Å². The van der Waals surface area contributed by atoms with E-state index < -0.39 is 23.8 Å². The van der Waals surface area contributed by atoms with Gasteiger partial charge < -0.3 is 19.5 Å². The zero-order valence-electron chi connectivity index (χ0n) is 18.8. The van der Waals surface area contributed by atoms with Gasteiger partial charge in [-0.3, -0.25) is 9.59 Å². The lowest BCUT2D eigenvalue weighted by molar-refractivity contribution is -0.142. The summed E-state index contributed by atoms with van der Waals surface area (Å²) in [5.41, 5.74) is 3.40. The molecule has 0 aliphatic heterocycles. The van der Waals surface area contributed by atoms with Gasteiger partial charge in [0.05, 0.1) is 20.4 Å². The first-order valence-electron chi connectivity index (χ1n) is 10.0. The number of rotatable bonds is 10. The lowest BCUT2D eigenvalue weighted by Crippen LogP contribution is -2.48. The topological polar surface area (TPSA) is 115 Å². The molecule has 0 fully saturated rings. The van der Waals surface area contributed by atoms with E-state index in [1.807, 2.05) is 13.8 Å². The quantitative estimate of drug-likeness (QED) is 0.310. The van der Waals surface area contributed by atoms with Gasteiger partial charge >= 0.3 is 5.97 Å². The van der Waals surface area contributed by atoms with E-state index in [1.165, 1.54) is 26.5 Å². The van der Waals surface area contributed by atoms with E-state index >= 15 is 0 Å². The Morgan fingerprint density at radius 3 is 2.48 bits per heavy atom. The van der Waals surface area contributed by atoms with E-state index in [0.29, 0.717) is 27.6 Å². The second kappa shape index (κ2) is 12.4. The molecule has 176 valence electrons. The molecule has 2 rings (SSSR count). The van der Waals surface area contributed by atoms with Crippen LogP contribution in [-0.4, -0.2) is 50.9 Å². The van der Waals surface area contributed by atoms with Gasteiger partial charge in [0, 0.05) is 10.6 Å². The van der Waals surface area contributed by atoms with Gasteiger partial charge in [-0.2, -0.15) is 5.10 Å². The third-order valence-corrected chi connectivity index (χ3v) is 4.71. The molecule has 0 heterocycles. The highest BCUT2D eigenvalue weighted by Crippen LogP contribution is 2.27. The third kappa shape index (κ3) is 7.80. The Kier molecular flexibility index (Phi) is 9.68. The van der Waals surface area contributed by atoms with E-state index in [4.69, 9.17) is 21.1 Å². The van der Waals surface area contributed by atoms with Gasteiger partial charge in [0.15, 0.2) is 18.1 Å². The Labute approximate surface area is 197 Å². The maximum Gasteiger partial charge on any atom is 0.343 e. The van der Waals surface area contributed by atoms with E-state index in [1.54, 1.807) is 36.4 Å². The fourth-order valence-electron chi connectivity index (χ4n) is 2.71. The largest absolute Gasteiger partial charge is 0.493 e. The van der Waals surface area contributed by atoms with E-state index in [2.05, 4.69) is 20.6 Å². The Morgan fingerprint density at radius 2 is 1.85 bits per heavy atom. The van der Waals surface area contributed by atoms with Crippen LogP contribution in [0.15, 0.2) is 47.6 Å². The molecule has 0 radical (unpaired) electrons. The van der Waals surface area contributed by atoms with Crippen LogP contribution in [-0.2, 0) is 14.3 Å². The van der Waals surface area contributed by atoms with Crippen LogP contribution in [0.25, 0.3) is 0 Å². The second-order valence-electron chi connectivity index (χ2n) is 7.21. The first-order chi connectivity index (χ1) is 15.7. The molecule has 2 amide bonds. The summed E-state index contributed by atoms with van der Waals surface area (Å²) in [6.45, 7) is 3.36. The predicted molar refractivity (Wildman–Crippen MR) is 124 cm³/mol. The lowest BCUT2D eigenvalue weighted by Gasteiger charge is -2.20. The standard InChI is InChI=1S/C23H26ClN3O6/c1-14(2)21(26-22(29)16-6-5-7-17(24)11-16)23(30)27-25-12-15-8-9-18(19(10-15)31-3)33-13-20(28)32-4/h5-12,14,21H,13H2,1-4H3,(H,26,29)(H,27,30)/b25-12+. The van der Waals surface area contributed by atoms with Crippen LogP contribution in [0, 0.1) is 5.92 Å². The molecular formula is C23H26ClN3O6. The van der Waals surface area contributed by atoms with Crippen LogP contribution < -0.4 is 20.2 Å². The highest BCUT2D eigenvalue weighted by molar-refractivity contribution is 6.31. The van der Waals surface area contributed by atoms with Crippen molar-refractivity contribution in [3.05, 3.63) is 58.6 Å². The number of esters is 1. The SMILES string of the molecule is COC(=O)COc1ccc(/C=N/NC(=O)C(NC(=O)c2cccc(Cl)c2)C(C)C)cc1OC. The molecule has 0 bridgehead atoms. The fourth-order valence-corrected chi connectivity index (χ4v) is 2.90. The number of carbonyl (C=O) groups excluding carboxylic acids is 3. The maximum absolute atomic E-state index is 12.6. The molecule has 0 aliphatic rings. The first-order valence-corrected chi connectivity index (χ1v) is 10.4. The molecule has 2 aromatic carbocycles. The fraction of sp³-hybridized carbons (Fsp3) is 0.304. The number of ether oxygens (including phenoxy) is 3. The van der Waals surface area contributed by atoms with Crippen molar-refractivity contribution in [1.82, 2.24) is 10.7 Å². The van der Waals surface area contributed by atoms with Crippen molar-refractivity contribution >= 4 is 35.6 Å². The lowest BCUT2D eigenvalue weighted by atomic mass is 10.0. The van der Waals surface area contributed by atoms with Crippen molar-refractivity contribution in [2.75, 3.05) is 20.8 Å². The summed E-state index contributed by atoms with van der Waals surface area (Å²) < 4.78 is 15.2. The van der Waals surface area contributed by atoms with Gasteiger partial charge in [0.25, 0.3) is 11.8 Å². The molecule has 10 heteroatoms. The van der Waals surface area contributed by atoms with E-state index in [-0.39, 0.29) is 12.5 Å². The summed E-state index contributed by atoms with van der Waals surface area (Å²) in [4.78, 5) is 36.3. The summed E-state index contributed by atoms with van der Waals surface area (Å²) in [6, 6.07) is 10.6. The summed E-state index contributed by atoms with van der Waals surface area (Å²) in [7, 11) is 2.72. The molecule has 0 saturated heterocycles. The number of nitrogens with zero attached hydrogens (tertiary/aromatic N) is 1. The monoisotopic (exact) mass is 475 g/mol. The molecule has 0 aliphatic carbocycles. The van der Waals surface area contributed by atoms with Gasteiger partial charge in [-0.15, -0.1) is 0 Å². The minimum atomic E-state index is -0.808. The Bertz CT molecular complexity index is 1030. The maximum atomic E-state index is 12.6. The number of methoxy groups -OCH3 is 2. The number of benzene rings is 2. The molecule has 0 saturated carbocycles. The molecular weight excluding hydrogens is 450 g/mol. The van der Waals surface area contributed by atoms with Gasteiger partial charge in [-0.1, -0.05) is 31.5 Å². The van der Waals surface area contributed by atoms with Gasteiger partial charge in [-0.05, 0) is 47.9 Å². The number of nitrogens with one attached hydrogen (secondary N) is 2. The smallest absolute Gasteiger partial charge is 0.343 e. The number of carbonyl (C=O) groups is 3. The van der Waals surface area contributed by atoms with Crippen molar-refractivity contribution in [2.45, 2.75) is 19.9 Å². The van der Waals surface area contributed by atoms with Crippen LogP contribution in [0.3, 0.4) is 0 Å². The van der Waals surface area contributed by atoms with Crippen molar-refractivity contribution in [3.8, 4) is 11.5 Å². The van der Waals surface area contributed by atoms with Crippen molar-refractivity contribution < 1.29 is 28.6 Å². The number of amides is 2. The van der Waals surface area contributed by atoms with Gasteiger partial charge in [0.1, 0.15) is 6.04 Å². The van der Waals surface area contributed by atoms with Crippen LogP contribution in [0.2, 0.25) is 5.02 Å². The number of hydrazone groups is 1. The number of hydrogen-bond acceptors (Lipinski definition) is 7. The first kappa shape index (κ1) is 25.7. The molecule has 2 N–H and O–H groups in total. The highest BCUT2D eigenvalue weighted by Gasteiger charge is 2.24. The minimum Gasteiger partial charge on any atom is -0.493 e. The average molecular weight is 476 g/mol. The minimum absolute atomic E-state index is 0.185. The van der Waals surface area contributed by atoms with Gasteiger partial charge in [0.2, 0.25) is 0 Å². The molecule has 1 atom stereocenters. The Morgan fingerprint density at radius 1 is 1.09 bits per heavy atom. The van der Waals surface area contributed by atoms with Crippen LogP contribution >= 0.6 is 11.6 Å². The summed E-state index contributed by atoms with van der Waals surface area (Å²) >= 11 is 5.93. The summed E-state index contributed by atoms with van der Waals surface area (Å²) in [5.74, 6) is -0.859. The van der Waals surface area contributed by atoms with Gasteiger partial charge in [-0.25, -0.2) is 10.2 Å². The van der Waals surface area contributed by atoms with Crippen LogP contribution in [0.1, 0.15) is 29.8 Å². The molecule has 33 heavy (non-hydrogen) atoms. The van der Waals surface area contributed by atoms with Crippen molar-refractivity contribution in [2.24, 2.45) is 11.0 Å². The molecule has 0 aromatic heterocycles. The predicted octanol–water partition coefficient (Wildman–Crippen LogP) is 2.81. The third-order valence-electron chi connectivity index (χ3n) is 4.47. The Balaban J connectivity index is 2.02. The number of hydrogen-bond donors (Lipinski definition) is 2. The zero-order valence-corrected chi connectivity index (χ0v) is 19.5. The second-order valence-corrected chi connectivity index (χ2v) is 7.65. The molecule has 1 unspecified atom stereocenters. The molecule has 0 spiro atoms. The Hall–Kier alpha value is -3.59. The molecule has 2 aromatic rings. The summed E-state index contributed by atoms with van der Waals surface area (Å²) in [5, 5.41) is 7.09. The normalized spacial score (nSPS) is 11.7. The molecule has 9 nitrogen and oxygen atoms in total. The van der Waals surface area contributed by atoms with E-state index in [9.17, 15) is 14.4 Å². The number of halogens is 1. The van der Waals surface area contributed by atoms with Crippen LogP contribution in [0.5, 0.6) is 11.5 Å². The highest BCUT2D eigenvalue weighted by atomic mass is 35.5. The average Bonchev–Trinajstić information content (AvgIpc) is 2.80. The summed E-state index contributed by atoms with van der Waals surface area (Å²) in [6.07, 6.45) is 1.42. The van der Waals surface area contributed by atoms with Crippen molar-refractivity contribution in [1.29, 1.82) is 0 Å². The zero-order chi connectivity index (χ0) is 24.4. The van der Waals surface area contributed by atoms with E-state index in [0.717, 1.165) is 0 Å². The van der Waals surface area contributed by atoms with Crippen LogP contribution in [0.4, 0.5) is 0 Å².